The highest BCUT2D eigenvalue weighted by Crippen LogP contribution is 2.34. The molecule has 94 valence electrons. The topological polar surface area (TPSA) is 9.23 Å². The van der Waals surface area contributed by atoms with Crippen molar-refractivity contribution in [3.05, 3.63) is 54.1 Å². The molecule has 0 saturated carbocycles. The third kappa shape index (κ3) is 2.83. The molecule has 2 aromatic rings. The lowest BCUT2D eigenvalue weighted by atomic mass is 10.00. The van der Waals surface area contributed by atoms with E-state index in [-0.39, 0.29) is 5.75 Å². The van der Waals surface area contributed by atoms with Crippen LogP contribution in [0, 0.1) is 6.92 Å². The summed E-state index contributed by atoms with van der Waals surface area (Å²) in [5, 5.41) is 0. The van der Waals surface area contributed by atoms with Gasteiger partial charge in [-0.1, -0.05) is 42.5 Å². The molecule has 4 heteroatoms. The van der Waals surface area contributed by atoms with Crippen LogP contribution in [0.2, 0.25) is 0 Å². The third-order valence-corrected chi connectivity index (χ3v) is 2.55. The Bertz CT molecular complexity index is 547. The Morgan fingerprint density at radius 1 is 0.833 bits per heavy atom. The zero-order valence-electron chi connectivity index (χ0n) is 9.66. The summed E-state index contributed by atoms with van der Waals surface area (Å²) in [4.78, 5) is 0. The summed E-state index contributed by atoms with van der Waals surface area (Å²) in [6.07, 6.45) is -4.68. The van der Waals surface area contributed by atoms with E-state index in [4.69, 9.17) is 0 Å². The van der Waals surface area contributed by atoms with Crippen molar-refractivity contribution < 1.29 is 17.9 Å². The first-order chi connectivity index (χ1) is 8.47. The van der Waals surface area contributed by atoms with Crippen LogP contribution in [0.1, 0.15) is 5.56 Å². The molecule has 0 bridgehead atoms. The SMILES string of the molecule is Cc1ccccc1-c1ccccc1OC(F)(F)F. The number of aryl methyl sites for hydroxylation is 1. The number of alkyl halides is 3. The summed E-state index contributed by atoms with van der Waals surface area (Å²) >= 11 is 0. The maximum atomic E-state index is 12.3. The van der Waals surface area contributed by atoms with Gasteiger partial charge in [-0.2, -0.15) is 0 Å². The third-order valence-electron chi connectivity index (χ3n) is 2.55. The minimum atomic E-state index is -4.68. The van der Waals surface area contributed by atoms with Gasteiger partial charge in [0.15, 0.2) is 0 Å². The fourth-order valence-electron chi connectivity index (χ4n) is 1.78. The van der Waals surface area contributed by atoms with Gasteiger partial charge in [-0.3, -0.25) is 0 Å². The number of hydrogen-bond acceptors (Lipinski definition) is 1. The predicted molar refractivity (Wildman–Crippen MR) is 63.3 cm³/mol. The van der Waals surface area contributed by atoms with Gasteiger partial charge >= 0.3 is 6.36 Å². The van der Waals surface area contributed by atoms with Crippen LogP contribution in [0.4, 0.5) is 13.2 Å². The number of hydrogen-bond donors (Lipinski definition) is 0. The van der Waals surface area contributed by atoms with Gasteiger partial charge in [-0.05, 0) is 24.1 Å². The molecule has 0 aliphatic carbocycles. The van der Waals surface area contributed by atoms with E-state index >= 15 is 0 Å². The zero-order valence-corrected chi connectivity index (χ0v) is 9.66. The van der Waals surface area contributed by atoms with Crippen LogP contribution in [0.25, 0.3) is 11.1 Å². The second-order valence-corrected chi connectivity index (χ2v) is 3.86. The van der Waals surface area contributed by atoms with Gasteiger partial charge < -0.3 is 4.74 Å². The van der Waals surface area contributed by atoms with Crippen LogP contribution in [0.3, 0.4) is 0 Å². The Labute approximate surface area is 103 Å². The van der Waals surface area contributed by atoms with E-state index in [0.29, 0.717) is 5.56 Å². The fourth-order valence-corrected chi connectivity index (χ4v) is 1.78. The highest BCUT2D eigenvalue weighted by atomic mass is 19.4. The number of para-hydroxylation sites is 1. The van der Waals surface area contributed by atoms with Gasteiger partial charge in [0.2, 0.25) is 0 Å². The Balaban J connectivity index is 2.49. The molecule has 2 aromatic carbocycles. The molecule has 0 aliphatic rings. The van der Waals surface area contributed by atoms with Crippen molar-refractivity contribution >= 4 is 0 Å². The van der Waals surface area contributed by atoms with Crippen LogP contribution in [-0.2, 0) is 0 Å². The lowest BCUT2D eigenvalue weighted by Gasteiger charge is -2.14. The summed E-state index contributed by atoms with van der Waals surface area (Å²) < 4.78 is 41.0. The minimum absolute atomic E-state index is 0.181. The van der Waals surface area contributed by atoms with Crippen molar-refractivity contribution in [3.8, 4) is 16.9 Å². The standard InChI is InChI=1S/C14H11F3O/c1-10-6-2-3-7-11(10)12-8-4-5-9-13(12)18-14(15,16)17/h2-9H,1H3. The van der Waals surface area contributed by atoms with E-state index < -0.39 is 6.36 Å². The molecule has 0 unspecified atom stereocenters. The van der Waals surface area contributed by atoms with E-state index in [1.54, 1.807) is 24.3 Å². The average Bonchev–Trinajstić information content (AvgIpc) is 2.29. The molecule has 0 aliphatic heterocycles. The molecule has 2 rings (SSSR count). The molecular weight excluding hydrogens is 241 g/mol. The number of ether oxygens (including phenoxy) is 1. The second kappa shape index (κ2) is 4.72. The van der Waals surface area contributed by atoms with Gasteiger partial charge in [0.25, 0.3) is 0 Å². The summed E-state index contributed by atoms with van der Waals surface area (Å²) in [5.74, 6) is -0.181. The van der Waals surface area contributed by atoms with Crippen molar-refractivity contribution in [1.82, 2.24) is 0 Å². The van der Waals surface area contributed by atoms with Gasteiger partial charge in [-0.15, -0.1) is 13.2 Å². The van der Waals surface area contributed by atoms with Gasteiger partial charge in [0.05, 0.1) is 0 Å². The molecule has 0 saturated heterocycles. The van der Waals surface area contributed by atoms with E-state index in [1.165, 1.54) is 12.1 Å². The lowest BCUT2D eigenvalue weighted by molar-refractivity contribution is -0.274. The molecular formula is C14H11F3O. The van der Waals surface area contributed by atoms with Crippen LogP contribution in [0.5, 0.6) is 5.75 Å². The van der Waals surface area contributed by atoms with Gasteiger partial charge in [0, 0.05) is 5.56 Å². The van der Waals surface area contributed by atoms with Crippen LogP contribution >= 0.6 is 0 Å². The molecule has 0 atom stereocenters. The van der Waals surface area contributed by atoms with E-state index in [2.05, 4.69) is 4.74 Å². The molecule has 0 fully saturated rings. The lowest BCUT2D eigenvalue weighted by Crippen LogP contribution is -2.17. The summed E-state index contributed by atoms with van der Waals surface area (Å²) in [6, 6.07) is 13.4. The molecule has 18 heavy (non-hydrogen) atoms. The number of halogens is 3. The molecule has 0 aromatic heterocycles. The molecule has 1 nitrogen and oxygen atoms in total. The van der Waals surface area contributed by atoms with Gasteiger partial charge in [-0.25, -0.2) is 0 Å². The number of benzene rings is 2. The first-order valence-corrected chi connectivity index (χ1v) is 5.38. The number of rotatable bonds is 2. The normalized spacial score (nSPS) is 11.3. The highest BCUT2D eigenvalue weighted by Gasteiger charge is 2.32. The second-order valence-electron chi connectivity index (χ2n) is 3.86. The predicted octanol–water partition coefficient (Wildman–Crippen LogP) is 4.56. The average molecular weight is 252 g/mol. The van der Waals surface area contributed by atoms with Crippen molar-refractivity contribution in [2.75, 3.05) is 0 Å². The quantitative estimate of drug-likeness (QED) is 0.761. The summed E-state index contributed by atoms with van der Waals surface area (Å²) in [7, 11) is 0. The summed E-state index contributed by atoms with van der Waals surface area (Å²) in [5.41, 5.74) is 2.07. The smallest absolute Gasteiger partial charge is 0.405 e. The van der Waals surface area contributed by atoms with Crippen LogP contribution < -0.4 is 4.74 Å². The molecule has 0 N–H and O–H groups in total. The van der Waals surface area contributed by atoms with Crippen LogP contribution in [-0.4, -0.2) is 6.36 Å². The monoisotopic (exact) mass is 252 g/mol. The van der Waals surface area contributed by atoms with E-state index in [1.807, 2.05) is 19.1 Å². The highest BCUT2D eigenvalue weighted by molar-refractivity contribution is 5.73. The van der Waals surface area contributed by atoms with E-state index in [9.17, 15) is 13.2 Å². The summed E-state index contributed by atoms with van der Waals surface area (Å²) in [6.45, 7) is 1.85. The van der Waals surface area contributed by atoms with Crippen molar-refractivity contribution in [2.45, 2.75) is 13.3 Å². The molecule has 0 spiro atoms. The molecule has 0 amide bonds. The Morgan fingerprint density at radius 2 is 1.39 bits per heavy atom. The van der Waals surface area contributed by atoms with Crippen LogP contribution in [0.15, 0.2) is 48.5 Å². The van der Waals surface area contributed by atoms with E-state index in [0.717, 1.165) is 11.1 Å². The van der Waals surface area contributed by atoms with Crippen molar-refractivity contribution in [3.63, 3.8) is 0 Å². The Hall–Kier alpha value is -1.97. The fraction of sp³-hybridized carbons (Fsp3) is 0.143. The minimum Gasteiger partial charge on any atom is -0.405 e. The Kier molecular flexibility index (Phi) is 3.28. The van der Waals surface area contributed by atoms with Crippen molar-refractivity contribution in [1.29, 1.82) is 0 Å². The first kappa shape index (κ1) is 12.5. The maximum absolute atomic E-state index is 12.3. The largest absolute Gasteiger partial charge is 0.573 e. The van der Waals surface area contributed by atoms with Gasteiger partial charge in [0.1, 0.15) is 5.75 Å². The first-order valence-electron chi connectivity index (χ1n) is 5.38. The molecule has 0 heterocycles. The zero-order chi connectivity index (χ0) is 13.2. The molecule has 0 radical (unpaired) electrons. The maximum Gasteiger partial charge on any atom is 0.573 e. The van der Waals surface area contributed by atoms with Crippen molar-refractivity contribution in [2.24, 2.45) is 0 Å². The Morgan fingerprint density at radius 3 is 2.00 bits per heavy atom.